The molecular weight excluding hydrogens is 434 g/mol. The van der Waals surface area contributed by atoms with E-state index >= 15 is 0 Å². The third-order valence-electron chi connectivity index (χ3n) is 5.62. The van der Waals surface area contributed by atoms with Crippen molar-refractivity contribution in [3.63, 3.8) is 0 Å². The second-order valence-corrected chi connectivity index (χ2v) is 9.21. The zero-order valence-electron chi connectivity index (χ0n) is 19.5. The van der Waals surface area contributed by atoms with Crippen molar-refractivity contribution in [2.75, 3.05) is 25.6 Å². The molecule has 4 rings (SSSR count). The molecule has 0 saturated carbocycles. The fraction of sp³-hybridized carbons (Fsp3) is 0.269. The van der Waals surface area contributed by atoms with Gasteiger partial charge in [0.1, 0.15) is 0 Å². The second-order valence-electron chi connectivity index (χ2n) is 8.20. The number of thiazole rings is 1. The first-order chi connectivity index (χ1) is 15.8. The van der Waals surface area contributed by atoms with Gasteiger partial charge >= 0.3 is 5.97 Å². The van der Waals surface area contributed by atoms with Gasteiger partial charge in [0.05, 0.1) is 28.5 Å². The average Bonchev–Trinajstić information content (AvgIpc) is 3.08. The van der Waals surface area contributed by atoms with E-state index in [0.717, 1.165) is 22.4 Å². The summed E-state index contributed by atoms with van der Waals surface area (Å²) in [6.07, 6.45) is 1.87. The monoisotopic (exact) mass is 461 g/mol. The highest BCUT2D eigenvalue weighted by Gasteiger charge is 2.33. The summed E-state index contributed by atoms with van der Waals surface area (Å²) in [5, 5.41) is 0. The lowest BCUT2D eigenvalue weighted by Gasteiger charge is -2.24. The fourth-order valence-corrected chi connectivity index (χ4v) is 4.92. The van der Waals surface area contributed by atoms with Crippen molar-refractivity contribution in [2.45, 2.75) is 26.8 Å². The highest BCUT2D eigenvalue weighted by atomic mass is 32.1. The number of ether oxygens (including phenoxy) is 1. The molecule has 0 fully saturated rings. The van der Waals surface area contributed by atoms with Crippen LogP contribution in [0.3, 0.4) is 0 Å². The molecule has 0 spiro atoms. The number of carbonyl (C=O) groups is 1. The van der Waals surface area contributed by atoms with Crippen LogP contribution in [-0.2, 0) is 9.53 Å². The average molecular weight is 462 g/mol. The molecule has 6 nitrogen and oxygen atoms in total. The van der Waals surface area contributed by atoms with E-state index in [-0.39, 0.29) is 12.2 Å². The number of nitrogens with zero attached hydrogens (tertiary/aromatic N) is 3. The van der Waals surface area contributed by atoms with Crippen molar-refractivity contribution in [3.05, 3.63) is 96.2 Å². The Balaban J connectivity index is 1.90. The molecule has 0 aliphatic carbocycles. The highest BCUT2D eigenvalue weighted by Crippen LogP contribution is 2.30. The topological polar surface area (TPSA) is 63.9 Å². The molecule has 7 heteroatoms. The predicted octanol–water partition coefficient (Wildman–Crippen LogP) is 3.17. The molecule has 33 heavy (non-hydrogen) atoms. The normalized spacial score (nSPS) is 15.8. The zero-order chi connectivity index (χ0) is 23.7. The smallest absolute Gasteiger partial charge is 0.338 e. The first-order valence-corrected chi connectivity index (χ1v) is 11.7. The molecule has 1 aromatic heterocycles. The van der Waals surface area contributed by atoms with Crippen LogP contribution >= 0.6 is 11.3 Å². The van der Waals surface area contributed by atoms with Crippen LogP contribution in [0, 0.1) is 6.92 Å². The molecule has 0 amide bonds. The van der Waals surface area contributed by atoms with Gasteiger partial charge in [0.25, 0.3) is 5.56 Å². The summed E-state index contributed by atoms with van der Waals surface area (Å²) in [6.45, 7) is 5.82. The highest BCUT2D eigenvalue weighted by molar-refractivity contribution is 7.07. The third kappa shape index (κ3) is 4.41. The van der Waals surface area contributed by atoms with Crippen molar-refractivity contribution in [1.82, 2.24) is 4.57 Å². The number of allylic oxidation sites excluding steroid dienone is 1. The number of anilines is 1. The summed E-state index contributed by atoms with van der Waals surface area (Å²) < 4.78 is 7.52. The number of esters is 1. The summed E-state index contributed by atoms with van der Waals surface area (Å²) in [5.41, 5.74) is 4.76. The van der Waals surface area contributed by atoms with E-state index in [1.807, 2.05) is 80.5 Å². The molecule has 170 valence electrons. The van der Waals surface area contributed by atoms with Gasteiger partial charge in [-0.2, -0.15) is 0 Å². The number of aromatic nitrogens is 1. The van der Waals surface area contributed by atoms with E-state index in [1.165, 1.54) is 11.3 Å². The summed E-state index contributed by atoms with van der Waals surface area (Å²) in [4.78, 5) is 33.7. The van der Waals surface area contributed by atoms with Crippen LogP contribution in [0.1, 0.15) is 36.6 Å². The quantitative estimate of drug-likeness (QED) is 0.548. The molecule has 0 saturated heterocycles. The molecule has 1 aliphatic heterocycles. The van der Waals surface area contributed by atoms with Crippen LogP contribution in [0.25, 0.3) is 6.08 Å². The molecule has 0 radical (unpaired) electrons. The number of fused-ring (bicyclic) bond motifs is 1. The van der Waals surface area contributed by atoms with Crippen LogP contribution in [0.5, 0.6) is 0 Å². The SMILES string of the molecule is CCOC(=O)C1=C(C)N=c2s/c(=C\c3ccc(N(C)C)cc3)c(=O)n2C1c1ccc(C)cc1. The Bertz CT molecular complexity index is 1390. The van der Waals surface area contributed by atoms with E-state index in [2.05, 4.69) is 4.99 Å². The summed E-state index contributed by atoms with van der Waals surface area (Å²) in [7, 11) is 3.98. The number of benzene rings is 2. The van der Waals surface area contributed by atoms with Gasteiger partial charge in [-0.05, 0) is 50.1 Å². The Hall–Kier alpha value is -3.45. The lowest BCUT2D eigenvalue weighted by Crippen LogP contribution is -2.39. The van der Waals surface area contributed by atoms with Gasteiger partial charge < -0.3 is 9.64 Å². The number of aryl methyl sites for hydroxylation is 1. The number of carbonyl (C=O) groups excluding carboxylic acids is 1. The zero-order valence-corrected chi connectivity index (χ0v) is 20.3. The van der Waals surface area contributed by atoms with E-state index in [1.54, 1.807) is 18.4 Å². The fourth-order valence-electron chi connectivity index (χ4n) is 3.88. The summed E-state index contributed by atoms with van der Waals surface area (Å²) in [5.74, 6) is -0.446. The minimum atomic E-state index is -0.584. The maximum Gasteiger partial charge on any atom is 0.338 e. The van der Waals surface area contributed by atoms with Crippen LogP contribution in [0.2, 0.25) is 0 Å². The number of hydrogen-bond donors (Lipinski definition) is 0. The Morgan fingerprint density at radius 1 is 1.12 bits per heavy atom. The summed E-state index contributed by atoms with van der Waals surface area (Å²) in [6, 6.07) is 15.3. The largest absolute Gasteiger partial charge is 0.463 e. The Labute approximate surface area is 196 Å². The van der Waals surface area contributed by atoms with Crippen LogP contribution in [0.4, 0.5) is 5.69 Å². The second kappa shape index (κ2) is 9.19. The number of hydrogen-bond acceptors (Lipinski definition) is 6. The molecule has 0 bridgehead atoms. The van der Waals surface area contributed by atoms with Gasteiger partial charge in [-0.15, -0.1) is 0 Å². The molecule has 2 aromatic carbocycles. The van der Waals surface area contributed by atoms with Gasteiger partial charge in [-0.3, -0.25) is 9.36 Å². The molecular formula is C26H27N3O3S. The van der Waals surface area contributed by atoms with Crippen molar-refractivity contribution in [3.8, 4) is 0 Å². The van der Waals surface area contributed by atoms with E-state index in [4.69, 9.17) is 4.74 Å². The van der Waals surface area contributed by atoms with Crippen LogP contribution < -0.4 is 19.8 Å². The molecule has 2 heterocycles. The van der Waals surface area contributed by atoms with Crippen molar-refractivity contribution < 1.29 is 9.53 Å². The number of rotatable bonds is 5. The Morgan fingerprint density at radius 3 is 2.39 bits per heavy atom. The van der Waals surface area contributed by atoms with Gasteiger partial charge in [-0.25, -0.2) is 9.79 Å². The van der Waals surface area contributed by atoms with Crippen molar-refractivity contribution in [2.24, 2.45) is 4.99 Å². The van der Waals surface area contributed by atoms with Gasteiger partial charge in [-0.1, -0.05) is 53.3 Å². The lowest BCUT2D eigenvalue weighted by atomic mass is 9.95. The predicted molar refractivity (Wildman–Crippen MR) is 132 cm³/mol. The van der Waals surface area contributed by atoms with E-state index < -0.39 is 12.0 Å². The van der Waals surface area contributed by atoms with Crippen LogP contribution in [-0.4, -0.2) is 31.2 Å². The lowest BCUT2D eigenvalue weighted by molar-refractivity contribution is -0.139. The molecule has 1 atom stereocenters. The van der Waals surface area contributed by atoms with E-state index in [0.29, 0.717) is 20.6 Å². The van der Waals surface area contributed by atoms with Crippen LogP contribution in [0.15, 0.2) is 69.6 Å². The Kier molecular flexibility index (Phi) is 6.33. The molecule has 3 aromatic rings. The third-order valence-corrected chi connectivity index (χ3v) is 6.60. The molecule has 1 unspecified atom stereocenters. The standard InChI is InChI=1S/C26H27N3O3S/c1-6-32-25(31)22-17(3)27-26-29(23(22)19-11-7-16(2)8-12-19)24(30)21(33-26)15-18-9-13-20(14-10-18)28(4)5/h7-15,23H,6H2,1-5H3/b21-15-. The van der Waals surface area contributed by atoms with Gasteiger partial charge in [0.15, 0.2) is 4.80 Å². The van der Waals surface area contributed by atoms with Gasteiger partial charge in [0.2, 0.25) is 0 Å². The minimum Gasteiger partial charge on any atom is -0.463 e. The van der Waals surface area contributed by atoms with E-state index in [9.17, 15) is 9.59 Å². The first kappa shape index (κ1) is 22.7. The maximum absolute atomic E-state index is 13.6. The first-order valence-electron chi connectivity index (χ1n) is 10.8. The van der Waals surface area contributed by atoms with Crippen molar-refractivity contribution in [1.29, 1.82) is 0 Å². The molecule has 1 aliphatic rings. The minimum absolute atomic E-state index is 0.171. The van der Waals surface area contributed by atoms with Crippen molar-refractivity contribution >= 4 is 29.1 Å². The summed E-state index contributed by atoms with van der Waals surface area (Å²) >= 11 is 1.33. The maximum atomic E-state index is 13.6. The molecule has 0 N–H and O–H groups in total. The van der Waals surface area contributed by atoms with Gasteiger partial charge in [0, 0.05) is 19.8 Å². The Morgan fingerprint density at radius 2 is 1.79 bits per heavy atom.